The summed E-state index contributed by atoms with van der Waals surface area (Å²) in [6, 6.07) is 18.5. The Morgan fingerprint density at radius 2 is 1.78 bits per heavy atom. The van der Waals surface area contributed by atoms with Gasteiger partial charge in [-0.2, -0.15) is 0 Å². The predicted octanol–water partition coefficient (Wildman–Crippen LogP) is 7.55. The smallest absolute Gasteiger partial charge is 0.165 e. The number of allylic oxidation sites excluding steroid dienone is 1. The minimum absolute atomic E-state index is 0.0718. The molecule has 0 spiro atoms. The van der Waals surface area contributed by atoms with Crippen molar-refractivity contribution in [2.75, 3.05) is 30.3 Å². The van der Waals surface area contributed by atoms with Crippen LogP contribution >= 0.6 is 23.2 Å². The van der Waals surface area contributed by atoms with Crippen LogP contribution in [0.3, 0.4) is 0 Å². The normalized spacial score (nSPS) is 19.8. The molecular formula is C28H28Cl2FN3O2. The van der Waals surface area contributed by atoms with Gasteiger partial charge in [0.2, 0.25) is 0 Å². The van der Waals surface area contributed by atoms with Crippen LogP contribution in [0.4, 0.5) is 15.8 Å². The molecule has 2 atom stereocenters. The van der Waals surface area contributed by atoms with E-state index in [-0.39, 0.29) is 23.7 Å². The van der Waals surface area contributed by atoms with E-state index in [1.807, 2.05) is 59.5 Å². The molecule has 5 rings (SSSR count). The Morgan fingerprint density at radius 3 is 2.50 bits per heavy atom. The number of aryl methyl sites for hydroxylation is 1. The van der Waals surface area contributed by atoms with Gasteiger partial charge >= 0.3 is 0 Å². The number of benzene rings is 3. The highest BCUT2D eigenvalue weighted by molar-refractivity contribution is 6.31. The Labute approximate surface area is 221 Å². The van der Waals surface area contributed by atoms with Gasteiger partial charge in [0.15, 0.2) is 5.82 Å². The van der Waals surface area contributed by atoms with E-state index in [9.17, 15) is 0 Å². The van der Waals surface area contributed by atoms with Crippen LogP contribution in [0, 0.1) is 18.7 Å². The van der Waals surface area contributed by atoms with Gasteiger partial charge in [0.05, 0.1) is 30.4 Å². The van der Waals surface area contributed by atoms with E-state index in [0.717, 1.165) is 33.8 Å². The molecule has 3 aromatic carbocycles. The highest BCUT2D eigenvalue weighted by Crippen LogP contribution is 2.48. The summed E-state index contributed by atoms with van der Waals surface area (Å²) in [5.41, 5.74) is 5.49. The van der Waals surface area contributed by atoms with Crippen molar-refractivity contribution < 1.29 is 14.0 Å². The summed E-state index contributed by atoms with van der Waals surface area (Å²) in [5, 5.41) is 4.65. The minimum Gasteiger partial charge on any atom is -0.495 e. The number of hydrogen-bond acceptors (Lipinski definition) is 5. The average molecular weight is 528 g/mol. The van der Waals surface area contributed by atoms with E-state index in [1.54, 1.807) is 25.3 Å². The topological polar surface area (TPSA) is 28.2 Å². The molecule has 0 aliphatic carbocycles. The number of hydroxylamine groups is 1. The lowest BCUT2D eigenvalue weighted by molar-refractivity contribution is -0.146. The van der Waals surface area contributed by atoms with Crippen molar-refractivity contribution in [3.8, 4) is 5.75 Å². The van der Waals surface area contributed by atoms with E-state index in [4.69, 9.17) is 32.8 Å². The van der Waals surface area contributed by atoms with Crippen LogP contribution in [0.15, 0.2) is 71.9 Å². The van der Waals surface area contributed by atoms with Gasteiger partial charge in [-0.05, 0) is 65.9 Å². The first-order valence-electron chi connectivity index (χ1n) is 11.8. The van der Waals surface area contributed by atoms with E-state index in [2.05, 4.69) is 18.9 Å². The molecule has 2 aliphatic rings. The molecular weight excluding hydrogens is 500 g/mol. The Bertz CT molecular complexity index is 1330. The standard InChI is InChI=1S/C28H28Cl2FN3O2/c1-17(2)27-21-15-33(34(27)23-9-5-6-11-25(23)35-4)36-16-32(24-10-7-8-22(30)26(24)31)28(21)20-13-12-19(29)14-18(20)3/h5-14,17,28H,15-16H2,1-4H3/t28-/m1/s1. The fraction of sp³-hybridized carbons (Fsp3) is 0.286. The molecule has 3 aromatic rings. The van der Waals surface area contributed by atoms with E-state index < -0.39 is 5.82 Å². The Morgan fingerprint density at radius 1 is 1.03 bits per heavy atom. The summed E-state index contributed by atoms with van der Waals surface area (Å²) < 4.78 is 21.1. The molecule has 2 heterocycles. The second-order valence-electron chi connectivity index (χ2n) is 9.26. The maximum absolute atomic E-state index is 15.4. The minimum atomic E-state index is -0.472. The number of halogens is 3. The Kier molecular flexibility index (Phi) is 6.88. The third-order valence-corrected chi connectivity index (χ3v) is 7.23. The summed E-state index contributed by atoms with van der Waals surface area (Å²) >= 11 is 12.5. The highest BCUT2D eigenvalue weighted by atomic mass is 35.5. The third-order valence-electron chi connectivity index (χ3n) is 6.70. The van der Waals surface area contributed by atoms with Gasteiger partial charge in [-0.25, -0.2) is 4.39 Å². The lowest BCUT2D eigenvalue weighted by Gasteiger charge is -2.39. The monoisotopic (exact) mass is 527 g/mol. The average Bonchev–Trinajstić information content (AvgIpc) is 3.12. The molecule has 0 radical (unpaired) electrons. The number of rotatable bonds is 5. The molecule has 188 valence electrons. The van der Waals surface area contributed by atoms with Crippen LogP contribution in [-0.2, 0) is 4.84 Å². The largest absolute Gasteiger partial charge is 0.495 e. The molecule has 5 nitrogen and oxygen atoms in total. The molecule has 0 amide bonds. The molecule has 8 heteroatoms. The number of methoxy groups -OCH3 is 1. The number of hydrazine groups is 1. The molecule has 36 heavy (non-hydrogen) atoms. The SMILES string of the molecule is COc1ccccc1N1C(C(C)C)=C2CN1OCN(c1cccc(Cl)c1F)[C@@H]2c1ccc(Cl)cc1C. The van der Waals surface area contributed by atoms with Crippen LogP contribution in [-0.4, -0.2) is 25.6 Å². The van der Waals surface area contributed by atoms with Crippen LogP contribution in [0.25, 0.3) is 0 Å². The first-order chi connectivity index (χ1) is 17.3. The van der Waals surface area contributed by atoms with E-state index >= 15 is 4.39 Å². The first-order valence-corrected chi connectivity index (χ1v) is 12.6. The van der Waals surface area contributed by atoms with Crippen molar-refractivity contribution in [3.63, 3.8) is 0 Å². The van der Waals surface area contributed by atoms with Crippen LogP contribution in [0.2, 0.25) is 10.0 Å². The van der Waals surface area contributed by atoms with Crippen LogP contribution in [0.1, 0.15) is 31.0 Å². The second-order valence-corrected chi connectivity index (χ2v) is 10.1. The Balaban J connectivity index is 1.77. The molecule has 0 N–H and O–H groups in total. The van der Waals surface area contributed by atoms with Crippen molar-refractivity contribution in [2.24, 2.45) is 5.92 Å². The molecule has 2 bridgehead atoms. The highest BCUT2D eigenvalue weighted by Gasteiger charge is 2.44. The van der Waals surface area contributed by atoms with Gasteiger partial charge < -0.3 is 9.64 Å². The lowest BCUT2D eigenvalue weighted by atomic mass is 9.90. The zero-order valence-corrected chi connectivity index (χ0v) is 22.1. The molecule has 1 saturated heterocycles. The first kappa shape index (κ1) is 24.9. The van der Waals surface area contributed by atoms with Gasteiger partial charge in [0, 0.05) is 10.7 Å². The van der Waals surface area contributed by atoms with E-state index in [1.165, 1.54) is 0 Å². The maximum Gasteiger partial charge on any atom is 0.165 e. The van der Waals surface area contributed by atoms with Gasteiger partial charge in [0.1, 0.15) is 18.2 Å². The van der Waals surface area contributed by atoms with Gasteiger partial charge in [-0.3, -0.25) is 9.85 Å². The fourth-order valence-corrected chi connectivity index (χ4v) is 5.57. The molecule has 1 fully saturated rings. The van der Waals surface area contributed by atoms with Gasteiger partial charge in [-0.15, -0.1) is 0 Å². The molecule has 0 aromatic heterocycles. The predicted molar refractivity (Wildman–Crippen MR) is 143 cm³/mol. The Hall–Kier alpha value is -2.77. The second kappa shape index (κ2) is 9.94. The van der Waals surface area contributed by atoms with Crippen molar-refractivity contribution >= 4 is 34.6 Å². The summed E-state index contributed by atoms with van der Waals surface area (Å²) in [7, 11) is 1.66. The molecule has 0 saturated carbocycles. The number of nitrogens with zero attached hydrogens (tertiary/aromatic N) is 3. The molecule has 1 unspecified atom stereocenters. The van der Waals surface area contributed by atoms with Gasteiger partial charge in [-0.1, -0.05) is 66.5 Å². The summed E-state index contributed by atoms with van der Waals surface area (Å²) in [6.07, 6.45) is 0. The number of ether oxygens (including phenoxy) is 1. The summed E-state index contributed by atoms with van der Waals surface area (Å²) in [5.74, 6) is 0.404. The quantitative estimate of drug-likeness (QED) is 0.341. The third kappa shape index (κ3) is 4.22. The zero-order valence-electron chi connectivity index (χ0n) is 20.6. The zero-order chi connectivity index (χ0) is 25.6. The number of hydrogen-bond donors (Lipinski definition) is 0. The van der Waals surface area contributed by atoms with E-state index in [0.29, 0.717) is 17.3 Å². The van der Waals surface area contributed by atoms with Crippen LogP contribution in [0.5, 0.6) is 5.75 Å². The van der Waals surface area contributed by atoms with Crippen molar-refractivity contribution in [3.05, 3.63) is 98.9 Å². The lowest BCUT2D eigenvalue weighted by Crippen LogP contribution is -2.42. The van der Waals surface area contributed by atoms with Gasteiger partial charge in [0.25, 0.3) is 0 Å². The van der Waals surface area contributed by atoms with Crippen LogP contribution < -0.4 is 14.6 Å². The maximum atomic E-state index is 15.4. The van der Waals surface area contributed by atoms with Crippen molar-refractivity contribution in [1.82, 2.24) is 5.17 Å². The van der Waals surface area contributed by atoms with Crippen molar-refractivity contribution in [1.29, 1.82) is 0 Å². The summed E-state index contributed by atoms with van der Waals surface area (Å²) in [6.45, 7) is 6.96. The molecule has 2 aliphatic heterocycles. The number of fused-ring (bicyclic) bond motifs is 2. The van der Waals surface area contributed by atoms with Crippen molar-refractivity contribution in [2.45, 2.75) is 26.8 Å². The summed E-state index contributed by atoms with van der Waals surface area (Å²) in [4.78, 5) is 8.31. The number of anilines is 2. The fourth-order valence-electron chi connectivity index (χ4n) is 5.17. The number of para-hydroxylation sites is 2.